The third kappa shape index (κ3) is 3.73. The molecular weight excluding hydrogens is 380 g/mol. The number of ether oxygens (including phenoxy) is 1. The Morgan fingerprint density at radius 3 is 2.32 bits per heavy atom. The third-order valence-electron chi connectivity index (χ3n) is 4.80. The number of carbonyl (C=O) groups is 2. The molecule has 3 amide bonds. The summed E-state index contributed by atoms with van der Waals surface area (Å²) in [6.45, 7) is 3.80. The van der Waals surface area contributed by atoms with Gasteiger partial charge in [-0.3, -0.25) is 9.69 Å². The number of rotatable bonds is 6. The first-order chi connectivity index (χ1) is 13.1. The van der Waals surface area contributed by atoms with Gasteiger partial charge in [-0.05, 0) is 43.2 Å². The molecule has 2 aromatic carbocycles. The number of hydrogen-bond acceptors (Lipinski definition) is 5. The number of amides is 3. The Kier molecular flexibility index (Phi) is 5.16. The van der Waals surface area contributed by atoms with Gasteiger partial charge in [-0.15, -0.1) is 0 Å². The van der Waals surface area contributed by atoms with E-state index in [0.717, 1.165) is 16.7 Å². The van der Waals surface area contributed by atoms with Crippen LogP contribution in [0.1, 0.15) is 18.1 Å². The van der Waals surface area contributed by atoms with Crippen LogP contribution in [0, 0.1) is 6.92 Å². The summed E-state index contributed by atoms with van der Waals surface area (Å²) in [7, 11) is -3.34. The first-order valence-corrected chi connectivity index (χ1v) is 10.7. The van der Waals surface area contributed by atoms with Gasteiger partial charge in [0.1, 0.15) is 17.9 Å². The van der Waals surface area contributed by atoms with Crippen LogP contribution in [0.5, 0.6) is 5.75 Å². The summed E-state index contributed by atoms with van der Waals surface area (Å²) >= 11 is 0. The van der Waals surface area contributed by atoms with Crippen LogP contribution in [0.15, 0.2) is 53.4 Å². The summed E-state index contributed by atoms with van der Waals surface area (Å²) in [5.74, 6) is 0.298. The maximum atomic E-state index is 12.9. The molecular formula is C20H22N2O5S. The van der Waals surface area contributed by atoms with E-state index in [0.29, 0.717) is 11.3 Å². The predicted octanol–water partition coefficient (Wildman–Crippen LogP) is 2.24. The van der Waals surface area contributed by atoms with Crippen molar-refractivity contribution in [2.45, 2.75) is 24.3 Å². The molecule has 3 rings (SSSR count). The zero-order valence-corrected chi connectivity index (χ0v) is 16.7. The fraction of sp³-hybridized carbons (Fsp3) is 0.300. The average molecular weight is 402 g/mol. The molecule has 1 N–H and O–H groups in total. The quantitative estimate of drug-likeness (QED) is 0.748. The van der Waals surface area contributed by atoms with Gasteiger partial charge in [0.05, 0.1) is 11.4 Å². The lowest BCUT2D eigenvalue weighted by Gasteiger charge is -2.22. The molecule has 1 aliphatic rings. The van der Waals surface area contributed by atoms with Crippen LogP contribution in [-0.2, 0) is 20.2 Å². The number of aryl methyl sites for hydroxylation is 1. The van der Waals surface area contributed by atoms with Gasteiger partial charge in [-0.1, -0.05) is 30.3 Å². The number of nitrogens with zero attached hydrogens (tertiary/aromatic N) is 1. The molecule has 148 valence electrons. The molecule has 1 saturated heterocycles. The van der Waals surface area contributed by atoms with E-state index in [-0.39, 0.29) is 18.0 Å². The van der Waals surface area contributed by atoms with Gasteiger partial charge in [0.15, 0.2) is 9.84 Å². The van der Waals surface area contributed by atoms with Crippen LogP contribution >= 0.6 is 0 Å². The summed E-state index contributed by atoms with van der Waals surface area (Å²) < 4.78 is 28.9. The average Bonchev–Trinajstić information content (AvgIpc) is 2.86. The molecule has 7 nitrogen and oxygen atoms in total. The number of carbonyl (C=O) groups excluding carboxylic acids is 2. The van der Waals surface area contributed by atoms with Crippen LogP contribution in [0.3, 0.4) is 0 Å². The van der Waals surface area contributed by atoms with E-state index in [1.165, 1.54) is 12.1 Å². The van der Waals surface area contributed by atoms with Gasteiger partial charge < -0.3 is 10.1 Å². The lowest BCUT2D eigenvalue weighted by atomic mass is 9.92. The Labute approximate surface area is 164 Å². The molecule has 0 aliphatic carbocycles. The van der Waals surface area contributed by atoms with Crippen molar-refractivity contribution in [3.63, 3.8) is 0 Å². The summed E-state index contributed by atoms with van der Waals surface area (Å²) in [6, 6.07) is 12.9. The van der Waals surface area contributed by atoms with Crippen LogP contribution in [0.25, 0.3) is 0 Å². The predicted molar refractivity (Wildman–Crippen MR) is 104 cm³/mol. The molecule has 0 bridgehead atoms. The summed E-state index contributed by atoms with van der Waals surface area (Å²) in [6.07, 6.45) is 1.11. The Morgan fingerprint density at radius 1 is 1.07 bits per heavy atom. The van der Waals surface area contributed by atoms with Crippen LogP contribution in [0.4, 0.5) is 4.79 Å². The van der Waals surface area contributed by atoms with Crippen LogP contribution < -0.4 is 10.1 Å². The van der Waals surface area contributed by atoms with Gasteiger partial charge >= 0.3 is 6.03 Å². The number of para-hydroxylation sites is 1. The first kappa shape index (κ1) is 19.9. The highest BCUT2D eigenvalue weighted by Gasteiger charge is 2.48. The second kappa shape index (κ2) is 7.27. The molecule has 1 aliphatic heterocycles. The monoisotopic (exact) mass is 402 g/mol. The molecule has 1 atom stereocenters. The van der Waals surface area contributed by atoms with E-state index in [1.54, 1.807) is 19.1 Å². The summed E-state index contributed by atoms with van der Waals surface area (Å²) in [4.78, 5) is 26.5. The first-order valence-electron chi connectivity index (χ1n) is 8.76. The minimum atomic E-state index is -3.34. The van der Waals surface area contributed by atoms with Crippen molar-refractivity contribution < 1.29 is 22.7 Å². The van der Waals surface area contributed by atoms with Crippen molar-refractivity contribution in [1.29, 1.82) is 0 Å². The largest absolute Gasteiger partial charge is 0.491 e. The standard InChI is InChI=1S/C20H22N2O5S/c1-14-6-4-5-7-17(14)27-13-12-22-18(23)20(2,21-19(22)24)15-8-10-16(11-9-15)28(3,25)26/h4-11H,12-13H2,1-3H3,(H,21,24)/t20-/m1/s1. The molecule has 2 aromatic rings. The molecule has 0 unspecified atom stereocenters. The minimum absolute atomic E-state index is 0.107. The molecule has 8 heteroatoms. The van der Waals surface area contributed by atoms with E-state index in [2.05, 4.69) is 5.32 Å². The lowest BCUT2D eigenvalue weighted by Crippen LogP contribution is -2.41. The SMILES string of the molecule is Cc1ccccc1OCCN1C(=O)N[C@](C)(c2ccc(S(C)(=O)=O)cc2)C1=O. The van der Waals surface area contributed by atoms with E-state index in [4.69, 9.17) is 4.74 Å². The van der Waals surface area contributed by atoms with Crippen molar-refractivity contribution in [1.82, 2.24) is 10.2 Å². The summed E-state index contributed by atoms with van der Waals surface area (Å²) in [5.41, 5.74) is 0.228. The molecule has 0 aromatic heterocycles. The maximum Gasteiger partial charge on any atom is 0.325 e. The number of hydrogen-bond donors (Lipinski definition) is 1. The smallest absolute Gasteiger partial charge is 0.325 e. The number of imide groups is 1. The van der Waals surface area contributed by atoms with E-state index < -0.39 is 27.3 Å². The fourth-order valence-corrected chi connectivity index (χ4v) is 3.73. The van der Waals surface area contributed by atoms with Crippen LogP contribution in [0.2, 0.25) is 0 Å². The van der Waals surface area contributed by atoms with Crippen LogP contribution in [-0.4, -0.2) is 44.7 Å². The molecule has 0 spiro atoms. The Balaban J connectivity index is 1.72. The molecule has 0 radical (unpaired) electrons. The van der Waals surface area contributed by atoms with Crippen molar-refractivity contribution in [2.75, 3.05) is 19.4 Å². The Bertz CT molecular complexity index is 1020. The van der Waals surface area contributed by atoms with E-state index in [1.807, 2.05) is 31.2 Å². The number of nitrogens with one attached hydrogen (secondary N) is 1. The van der Waals surface area contributed by atoms with Gasteiger partial charge in [0.2, 0.25) is 0 Å². The van der Waals surface area contributed by atoms with Crippen molar-refractivity contribution >= 4 is 21.8 Å². The maximum absolute atomic E-state index is 12.9. The van der Waals surface area contributed by atoms with E-state index in [9.17, 15) is 18.0 Å². The fourth-order valence-electron chi connectivity index (χ4n) is 3.10. The zero-order valence-electron chi connectivity index (χ0n) is 15.9. The highest BCUT2D eigenvalue weighted by Crippen LogP contribution is 2.29. The molecule has 1 fully saturated rings. The zero-order chi connectivity index (χ0) is 20.5. The number of urea groups is 1. The highest BCUT2D eigenvalue weighted by atomic mass is 32.2. The Hall–Kier alpha value is -2.87. The normalized spacial score (nSPS) is 19.6. The van der Waals surface area contributed by atoms with E-state index >= 15 is 0 Å². The minimum Gasteiger partial charge on any atom is -0.491 e. The van der Waals surface area contributed by atoms with Gasteiger partial charge in [0.25, 0.3) is 5.91 Å². The summed E-state index contributed by atoms with van der Waals surface area (Å²) in [5, 5.41) is 2.70. The number of sulfone groups is 1. The number of benzene rings is 2. The second-order valence-corrected chi connectivity index (χ2v) is 8.94. The topological polar surface area (TPSA) is 92.8 Å². The highest BCUT2D eigenvalue weighted by molar-refractivity contribution is 7.90. The third-order valence-corrected chi connectivity index (χ3v) is 5.93. The van der Waals surface area contributed by atoms with Gasteiger partial charge in [-0.2, -0.15) is 0 Å². The Morgan fingerprint density at radius 2 is 1.71 bits per heavy atom. The van der Waals surface area contributed by atoms with Gasteiger partial charge in [0, 0.05) is 6.26 Å². The second-order valence-electron chi connectivity index (χ2n) is 6.92. The lowest BCUT2D eigenvalue weighted by molar-refractivity contribution is -0.131. The van der Waals surface area contributed by atoms with Crippen molar-refractivity contribution in [3.8, 4) is 5.75 Å². The molecule has 0 saturated carbocycles. The van der Waals surface area contributed by atoms with Gasteiger partial charge in [-0.25, -0.2) is 13.2 Å². The molecule has 28 heavy (non-hydrogen) atoms. The van der Waals surface area contributed by atoms with Crippen molar-refractivity contribution in [3.05, 3.63) is 59.7 Å². The van der Waals surface area contributed by atoms with Crippen molar-refractivity contribution in [2.24, 2.45) is 0 Å². The molecule has 1 heterocycles.